The molecule has 1 aromatic heterocycles. The van der Waals surface area contributed by atoms with Crippen LogP contribution in [0.3, 0.4) is 0 Å². The fraction of sp³-hybridized carbons (Fsp3) is 0.389. The van der Waals surface area contributed by atoms with Gasteiger partial charge < -0.3 is 19.9 Å². The fourth-order valence-corrected chi connectivity index (χ4v) is 2.42. The number of aromatic amines is 1. The number of hydrogen-bond acceptors (Lipinski definition) is 4. The van der Waals surface area contributed by atoms with E-state index < -0.39 is 0 Å². The third kappa shape index (κ3) is 5.07. The van der Waals surface area contributed by atoms with Gasteiger partial charge in [-0.1, -0.05) is 37.3 Å². The standard InChI is InChI=1S/C18H25N5O2/c1-13(17(24)25-4)10-21-18(19-2)23(3)12-16-20-11-15(22-16)14-8-6-5-7-9-14/h5-9,11,13H,10,12H2,1-4H3,(H,19,21)(H,20,22). The van der Waals surface area contributed by atoms with Crippen LogP contribution in [0.15, 0.2) is 41.5 Å². The van der Waals surface area contributed by atoms with Crippen molar-refractivity contribution in [2.75, 3.05) is 27.7 Å². The largest absolute Gasteiger partial charge is 0.469 e. The fourth-order valence-electron chi connectivity index (χ4n) is 2.42. The minimum absolute atomic E-state index is 0.246. The van der Waals surface area contributed by atoms with Gasteiger partial charge in [-0.15, -0.1) is 0 Å². The molecule has 1 aromatic carbocycles. The third-order valence-electron chi connectivity index (χ3n) is 3.84. The molecule has 0 saturated heterocycles. The molecule has 0 spiro atoms. The molecule has 2 aromatic rings. The van der Waals surface area contributed by atoms with Crippen molar-refractivity contribution in [3.63, 3.8) is 0 Å². The van der Waals surface area contributed by atoms with E-state index in [1.54, 1.807) is 7.05 Å². The van der Waals surface area contributed by atoms with Gasteiger partial charge in [-0.05, 0) is 5.56 Å². The number of ether oxygens (including phenoxy) is 1. The van der Waals surface area contributed by atoms with Gasteiger partial charge in [0.15, 0.2) is 5.96 Å². The van der Waals surface area contributed by atoms with E-state index in [0.717, 1.165) is 17.1 Å². The maximum Gasteiger partial charge on any atom is 0.310 e. The van der Waals surface area contributed by atoms with Gasteiger partial charge in [-0.3, -0.25) is 9.79 Å². The van der Waals surface area contributed by atoms with Gasteiger partial charge in [0.05, 0.1) is 31.5 Å². The molecule has 0 bridgehead atoms. The summed E-state index contributed by atoms with van der Waals surface area (Å²) in [5, 5.41) is 3.18. The average Bonchev–Trinajstić information content (AvgIpc) is 3.10. The molecular weight excluding hydrogens is 318 g/mol. The van der Waals surface area contributed by atoms with E-state index in [2.05, 4.69) is 20.3 Å². The molecule has 0 saturated carbocycles. The number of nitrogens with zero attached hydrogens (tertiary/aromatic N) is 3. The molecule has 1 unspecified atom stereocenters. The van der Waals surface area contributed by atoms with Crippen LogP contribution in [0.25, 0.3) is 11.3 Å². The van der Waals surface area contributed by atoms with E-state index in [-0.39, 0.29) is 11.9 Å². The molecule has 7 nitrogen and oxygen atoms in total. The number of methoxy groups -OCH3 is 1. The average molecular weight is 343 g/mol. The number of carbonyl (C=O) groups is 1. The van der Waals surface area contributed by atoms with E-state index in [4.69, 9.17) is 4.74 Å². The van der Waals surface area contributed by atoms with Crippen molar-refractivity contribution < 1.29 is 9.53 Å². The third-order valence-corrected chi connectivity index (χ3v) is 3.84. The molecule has 7 heteroatoms. The van der Waals surface area contributed by atoms with Crippen LogP contribution in [0.2, 0.25) is 0 Å². The van der Waals surface area contributed by atoms with Crippen molar-refractivity contribution in [1.29, 1.82) is 0 Å². The Hall–Kier alpha value is -2.83. The zero-order valence-corrected chi connectivity index (χ0v) is 15.1. The quantitative estimate of drug-likeness (QED) is 0.475. The molecule has 1 heterocycles. The Bertz CT molecular complexity index is 711. The van der Waals surface area contributed by atoms with Gasteiger partial charge >= 0.3 is 5.97 Å². The van der Waals surface area contributed by atoms with Crippen molar-refractivity contribution in [3.05, 3.63) is 42.4 Å². The maximum atomic E-state index is 11.5. The van der Waals surface area contributed by atoms with E-state index in [1.165, 1.54) is 7.11 Å². The highest BCUT2D eigenvalue weighted by atomic mass is 16.5. The van der Waals surface area contributed by atoms with Gasteiger partial charge in [0, 0.05) is 20.6 Å². The minimum Gasteiger partial charge on any atom is -0.469 e. The lowest BCUT2D eigenvalue weighted by atomic mass is 10.2. The van der Waals surface area contributed by atoms with Gasteiger partial charge in [0.25, 0.3) is 0 Å². The van der Waals surface area contributed by atoms with Crippen molar-refractivity contribution in [3.8, 4) is 11.3 Å². The van der Waals surface area contributed by atoms with Crippen molar-refractivity contribution in [1.82, 2.24) is 20.2 Å². The first kappa shape index (κ1) is 18.5. The Kier molecular flexibility index (Phi) is 6.56. The summed E-state index contributed by atoms with van der Waals surface area (Å²) in [7, 11) is 5.02. The first-order chi connectivity index (χ1) is 12.0. The Labute approximate surface area is 148 Å². The molecule has 2 rings (SSSR count). The highest BCUT2D eigenvalue weighted by Gasteiger charge is 2.15. The molecule has 25 heavy (non-hydrogen) atoms. The first-order valence-corrected chi connectivity index (χ1v) is 8.14. The normalized spacial score (nSPS) is 12.6. The highest BCUT2D eigenvalue weighted by Crippen LogP contribution is 2.16. The summed E-state index contributed by atoms with van der Waals surface area (Å²) in [5.41, 5.74) is 2.07. The van der Waals surface area contributed by atoms with Crippen LogP contribution in [0.5, 0.6) is 0 Å². The number of imidazole rings is 1. The number of esters is 1. The lowest BCUT2D eigenvalue weighted by Crippen LogP contribution is -2.41. The van der Waals surface area contributed by atoms with Crippen LogP contribution in [-0.2, 0) is 16.1 Å². The second kappa shape index (κ2) is 8.86. The number of benzene rings is 1. The molecule has 2 N–H and O–H groups in total. The van der Waals surface area contributed by atoms with Gasteiger partial charge in [0.1, 0.15) is 5.82 Å². The van der Waals surface area contributed by atoms with Gasteiger partial charge in [-0.25, -0.2) is 4.98 Å². The smallest absolute Gasteiger partial charge is 0.310 e. The summed E-state index contributed by atoms with van der Waals surface area (Å²) in [6.07, 6.45) is 1.83. The van der Waals surface area contributed by atoms with Crippen LogP contribution >= 0.6 is 0 Å². The number of aromatic nitrogens is 2. The molecule has 0 amide bonds. The zero-order chi connectivity index (χ0) is 18.2. The Morgan fingerprint density at radius 3 is 2.76 bits per heavy atom. The van der Waals surface area contributed by atoms with Crippen molar-refractivity contribution >= 4 is 11.9 Å². The van der Waals surface area contributed by atoms with Crippen molar-refractivity contribution in [2.45, 2.75) is 13.5 Å². The molecule has 0 radical (unpaired) electrons. The number of H-pyrrole nitrogens is 1. The predicted molar refractivity (Wildman–Crippen MR) is 98.0 cm³/mol. The molecule has 0 aliphatic carbocycles. The number of guanidine groups is 1. The lowest BCUT2D eigenvalue weighted by Gasteiger charge is -2.22. The number of carbonyl (C=O) groups excluding carboxylic acids is 1. The van der Waals surface area contributed by atoms with E-state index >= 15 is 0 Å². The second-order valence-electron chi connectivity index (χ2n) is 5.82. The number of aliphatic imine (C=N–C) groups is 1. The maximum absolute atomic E-state index is 11.5. The zero-order valence-electron chi connectivity index (χ0n) is 15.1. The Morgan fingerprint density at radius 2 is 2.12 bits per heavy atom. The van der Waals surface area contributed by atoms with E-state index in [9.17, 15) is 4.79 Å². The van der Waals surface area contributed by atoms with Crippen LogP contribution in [0.4, 0.5) is 0 Å². The number of rotatable bonds is 6. The summed E-state index contributed by atoms with van der Waals surface area (Å²) >= 11 is 0. The Morgan fingerprint density at radius 1 is 1.40 bits per heavy atom. The highest BCUT2D eigenvalue weighted by molar-refractivity contribution is 5.80. The minimum atomic E-state index is -0.247. The topological polar surface area (TPSA) is 82.6 Å². The molecule has 0 aliphatic rings. The number of nitrogens with one attached hydrogen (secondary N) is 2. The molecule has 134 valence electrons. The van der Waals surface area contributed by atoms with E-state index in [0.29, 0.717) is 19.0 Å². The van der Waals surface area contributed by atoms with Crippen LogP contribution in [0, 0.1) is 5.92 Å². The SMILES string of the molecule is CN=C(NCC(C)C(=O)OC)N(C)Cc1ncc(-c2ccccc2)[nH]1. The predicted octanol–water partition coefficient (Wildman–Crippen LogP) is 1.89. The lowest BCUT2D eigenvalue weighted by molar-refractivity contribution is -0.144. The summed E-state index contributed by atoms with van der Waals surface area (Å²) in [6.45, 7) is 2.83. The van der Waals surface area contributed by atoms with Gasteiger partial charge in [-0.2, -0.15) is 0 Å². The van der Waals surface area contributed by atoms with E-state index in [1.807, 2.05) is 55.4 Å². The first-order valence-electron chi connectivity index (χ1n) is 8.14. The molecule has 0 aliphatic heterocycles. The number of hydrogen-bond donors (Lipinski definition) is 2. The summed E-state index contributed by atoms with van der Waals surface area (Å²) < 4.78 is 4.73. The Balaban J connectivity index is 1.95. The second-order valence-corrected chi connectivity index (χ2v) is 5.82. The molecule has 1 atom stereocenters. The van der Waals surface area contributed by atoms with Crippen LogP contribution in [-0.4, -0.2) is 54.5 Å². The molecule has 0 fully saturated rings. The molecular formula is C18H25N5O2. The monoisotopic (exact) mass is 343 g/mol. The van der Waals surface area contributed by atoms with Crippen LogP contribution < -0.4 is 5.32 Å². The summed E-state index contributed by atoms with van der Waals surface area (Å²) in [5.74, 6) is 1.03. The summed E-state index contributed by atoms with van der Waals surface area (Å²) in [4.78, 5) is 25.4. The summed E-state index contributed by atoms with van der Waals surface area (Å²) in [6, 6.07) is 10.1. The van der Waals surface area contributed by atoms with Crippen LogP contribution in [0.1, 0.15) is 12.7 Å². The van der Waals surface area contributed by atoms with Crippen molar-refractivity contribution in [2.24, 2.45) is 10.9 Å². The van der Waals surface area contributed by atoms with Gasteiger partial charge in [0.2, 0.25) is 0 Å².